The van der Waals surface area contributed by atoms with Crippen LogP contribution < -0.4 is 4.74 Å². The molecule has 5 nitrogen and oxygen atoms in total. The van der Waals surface area contributed by atoms with Crippen LogP contribution in [-0.4, -0.2) is 43.0 Å². The second-order valence-electron chi connectivity index (χ2n) is 3.69. The van der Waals surface area contributed by atoms with E-state index in [1.54, 1.807) is 12.1 Å². The molecule has 0 aliphatic rings. The van der Waals surface area contributed by atoms with Gasteiger partial charge in [-0.1, -0.05) is 18.2 Å². The normalized spacial score (nSPS) is 11.5. The Morgan fingerprint density at radius 2 is 1.65 bits per heavy atom. The van der Waals surface area contributed by atoms with E-state index in [-0.39, 0.29) is 25.0 Å². The Labute approximate surface area is 126 Å². The number of para-hydroxylation sites is 1. The van der Waals surface area contributed by atoms with E-state index in [2.05, 4.69) is 0 Å². The van der Waals surface area contributed by atoms with Crippen LogP contribution >= 0.6 is 23.2 Å². The number of carbonyl (C=O) groups is 2. The molecule has 7 heteroatoms. The summed E-state index contributed by atoms with van der Waals surface area (Å²) in [5.74, 6) is -1.15. The van der Waals surface area contributed by atoms with E-state index in [4.69, 9.17) is 37.4 Å². The molecule has 20 heavy (non-hydrogen) atoms. The summed E-state index contributed by atoms with van der Waals surface area (Å²) in [6.07, 6.45) is -0.742. The summed E-state index contributed by atoms with van der Waals surface area (Å²) >= 11 is 10.7. The second kappa shape index (κ2) is 9.44. The molecule has 0 aromatic heterocycles. The van der Waals surface area contributed by atoms with Crippen LogP contribution in [0.2, 0.25) is 0 Å². The highest BCUT2D eigenvalue weighted by molar-refractivity contribution is 6.26. The van der Waals surface area contributed by atoms with Crippen molar-refractivity contribution >= 4 is 35.1 Å². The lowest BCUT2D eigenvalue weighted by Gasteiger charge is -2.17. The van der Waals surface area contributed by atoms with Gasteiger partial charge in [0.1, 0.15) is 30.7 Å². The van der Waals surface area contributed by atoms with E-state index in [0.29, 0.717) is 5.75 Å². The molecule has 1 aromatic rings. The van der Waals surface area contributed by atoms with Crippen molar-refractivity contribution in [1.82, 2.24) is 0 Å². The van der Waals surface area contributed by atoms with Crippen molar-refractivity contribution in [3.63, 3.8) is 0 Å². The Morgan fingerprint density at radius 1 is 1.00 bits per heavy atom. The molecule has 0 amide bonds. The topological polar surface area (TPSA) is 61.8 Å². The first kappa shape index (κ1) is 16.6. The molecule has 0 aliphatic carbocycles. The Kier molecular flexibility index (Phi) is 7.84. The molecule has 0 fully saturated rings. The number of benzene rings is 1. The number of hydrogen-bond acceptors (Lipinski definition) is 5. The van der Waals surface area contributed by atoms with Crippen molar-refractivity contribution in [1.29, 1.82) is 0 Å². The highest BCUT2D eigenvalue weighted by Crippen LogP contribution is 2.09. The molecule has 0 aliphatic heterocycles. The van der Waals surface area contributed by atoms with Crippen molar-refractivity contribution in [2.75, 3.05) is 25.0 Å². The van der Waals surface area contributed by atoms with Gasteiger partial charge in [0.2, 0.25) is 0 Å². The maximum atomic E-state index is 11.2. The van der Waals surface area contributed by atoms with Crippen LogP contribution in [0.5, 0.6) is 5.75 Å². The van der Waals surface area contributed by atoms with Gasteiger partial charge < -0.3 is 14.2 Å². The van der Waals surface area contributed by atoms with E-state index in [1.807, 2.05) is 18.2 Å². The SMILES string of the molecule is O=C(CCl)OC[C@@H](COc1ccccc1)OC(=O)CCl. The van der Waals surface area contributed by atoms with Gasteiger partial charge in [-0.25, -0.2) is 0 Å². The molecule has 1 aromatic carbocycles. The monoisotopic (exact) mass is 320 g/mol. The summed E-state index contributed by atoms with van der Waals surface area (Å²) < 4.78 is 15.3. The minimum Gasteiger partial charge on any atom is -0.490 e. The van der Waals surface area contributed by atoms with Crippen molar-refractivity contribution in [3.05, 3.63) is 30.3 Å². The number of esters is 2. The molecule has 110 valence electrons. The first-order chi connectivity index (χ1) is 9.65. The third kappa shape index (κ3) is 6.63. The minimum atomic E-state index is -0.742. The lowest BCUT2D eigenvalue weighted by Crippen LogP contribution is -2.31. The number of halogens is 2. The number of rotatable bonds is 8. The third-order valence-corrected chi connectivity index (χ3v) is 2.56. The van der Waals surface area contributed by atoms with E-state index < -0.39 is 18.0 Å². The summed E-state index contributed by atoms with van der Waals surface area (Å²) in [5, 5.41) is 0. The van der Waals surface area contributed by atoms with Crippen LogP contribution in [0.25, 0.3) is 0 Å². The molecule has 0 spiro atoms. The van der Waals surface area contributed by atoms with Gasteiger partial charge in [-0.05, 0) is 12.1 Å². The molecule has 1 atom stereocenters. The lowest BCUT2D eigenvalue weighted by atomic mass is 10.3. The molecular formula is C13H14Cl2O5. The predicted octanol–water partition coefficient (Wildman–Crippen LogP) is 2.00. The number of carbonyl (C=O) groups excluding carboxylic acids is 2. The van der Waals surface area contributed by atoms with E-state index >= 15 is 0 Å². The van der Waals surface area contributed by atoms with Crippen LogP contribution in [0.15, 0.2) is 30.3 Å². The fourth-order valence-corrected chi connectivity index (χ4v) is 1.40. The zero-order chi connectivity index (χ0) is 14.8. The number of alkyl halides is 2. The van der Waals surface area contributed by atoms with Crippen molar-refractivity contribution < 1.29 is 23.8 Å². The zero-order valence-corrected chi connectivity index (χ0v) is 12.1. The van der Waals surface area contributed by atoms with Crippen LogP contribution in [-0.2, 0) is 19.1 Å². The van der Waals surface area contributed by atoms with Crippen LogP contribution in [0, 0.1) is 0 Å². The Bertz CT molecular complexity index is 424. The lowest BCUT2D eigenvalue weighted by molar-refractivity contribution is -0.157. The first-order valence-electron chi connectivity index (χ1n) is 5.80. The number of hydrogen-bond donors (Lipinski definition) is 0. The summed E-state index contributed by atoms with van der Waals surface area (Å²) in [7, 11) is 0. The molecule has 0 N–H and O–H groups in total. The van der Waals surface area contributed by atoms with Gasteiger partial charge in [-0.15, -0.1) is 23.2 Å². The van der Waals surface area contributed by atoms with Crippen molar-refractivity contribution in [2.24, 2.45) is 0 Å². The molecular weight excluding hydrogens is 307 g/mol. The molecule has 0 saturated heterocycles. The van der Waals surface area contributed by atoms with Crippen LogP contribution in [0.1, 0.15) is 0 Å². The third-order valence-electron chi connectivity index (χ3n) is 2.13. The number of ether oxygens (including phenoxy) is 3. The molecule has 0 unspecified atom stereocenters. The van der Waals surface area contributed by atoms with Gasteiger partial charge in [0.15, 0.2) is 6.10 Å². The standard InChI is InChI=1S/C13H14Cl2O5/c14-6-12(16)19-9-11(20-13(17)7-15)8-18-10-4-2-1-3-5-10/h1-5,11H,6-9H2/t11-/m1/s1. The molecule has 0 radical (unpaired) electrons. The Morgan fingerprint density at radius 3 is 2.25 bits per heavy atom. The van der Waals surface area contributed by atoms with E-state index in [0.717, 1.165) is 0 Å². The fourth-order valence-electron chi connectivity index (χ4n) is 1.26. The zero-order valence-electron chi connectivity index (χ0n) is 10.6. The highest BCUT2D eigenvalue weighted by Gasteiger charge is 2.17. The molecule has 0 bridgehead atoms. The van der Waals surface area contributed by atoms with Gasteiger partial charge >= 0.3 is 11.9 Å². The second-order valence-corrected chi connectivity index (χ2v) is 4.22. The van der Waals surface area contributed by atoms with E-state index in [1.165, 1.54) is 0 Å². The summed E-state index contributed by atoms with van der Waals surface area (Å²) in [6, 6.07) is 8.97. The smallest absolute Gasteiger partial charge is 0.321 e. The van der Waals surface area contributed by atoms with Gasteiger partial charge in [0, 0.05) is 0 Å². The Balaban J connectivity index is 2.48. The first-order valence-corrected chi connectivity index (χ1v) is 6.87. The highest BCUT2D eigenvalue weighted by atomic mass is 35.5. The quantitative estimate of drug-likeness (QED) is 0.541. The van der Waals surface area contributed by atoms with Gasteiger partial charge in [-0.3, -0.25) is 9.59 Å². The minimum absolute atomic E-state index is 0.0439. The van der Waals surface area contributed by atoms with E-state index in [9.17, 15) is 9.59 Å². The summed E-state index contributed by atoms with van der Waals surface area (Å²) in [6.45, 7) is -0.0940. The maximum absolute atomic E-state index is 11.2. The summed E-state index contributed by atoms with van der Waals surface area (Å²) in [5.41, 5.74) is 0. The average Bonchev–Trinajstić information content (AvgIpc) is 2.50. The van der Waals surface area contributed by atoms with Crippen LogP contribution in [0.4, 0.5) is 0 Å². The molecule has 1 rings (SSSR count). The van der Waals surface area contributed by atoms with Crippen molar-refractivity contribution in [3.8, 4) is 5.75 Å². The summed E-state index contributed by atoms with van der Waals surface area (Å²) in [4.78, 5) is 22.2. The van der Waals surface area contributed by atoms with Gasteiger partial charge in [0.05, 0.1) is 0 Å². The Hall–Kier alpha value is -1.46. The van der Waals surface area contributed by atoms with Crippen LogP contribution in [0.3, 0.4) is 0 Å². The average molecular weight is 321 g/mol. The molecule has 0 heterocycles. The van der Waals surface area contributed by atoms with Gasteiger partial charge in [-0.2, -0.15) is 0 Å². The largest absolute Gasteiger partial charge is 0.490 e. The maximum Gasteiger partial charge on any atom is 0.321 e. The molecule has 0 saturated carbocycles. The predicted molar refractivity (Wildman–Crippen MR) is 74.2 cm³/mol. The van der Waals surface area contributed by atoms with Gasteiger partial charge in [0.25, 0.3) is 0 Å². The fraction of sp³-hybridized carbons (Fsp3) is 0.385. The van der Waals surface area contributed by atoms with Crippen molar-refractivity contribution in [2.45, 2.75) is 6.10 Å².